The van der Waals surface area contributed by atoms with Gasteiger partial charge in [0.05, 0.1) is 0 Å². The summed E-state index contributed by atoms with van der Waals surface area (Å²) in [6, 6.07) is 0. The molecule has 0 heterocycles. The molecule has 1 unspecified atom stereocenters. The summed E-state index contributed by atoms with van der Waals surface area (Å²) in [6.45, 7) is 1.84. The van der Waals surface area contributed by atoms with E-state index >= 15 is 0 Å². The van der Waals surface area contributed by atoms with Crippen LogP contribution in [-0.2, 0) is 4.79 Å². The lowest BCUT2D eigenvalue weighted by Gasteiger charge is -1.98. The number of hydrogen-bond donors (Lipinski definition) is 0. The van der Waals surface area contributed by atoms with Crippen LogP contribution >= 0.6 is 23.4 Å². The first-order chi connectivity index (χ1) is 4.31. The van der Waals surface area contributed by atoms with Gasteiger partial charge in [-0.05, 0) is 6.92 Å². The van der Waals surface area contributed by atoms with Gasteiger partial charge in [-0.1, -0.05) is 0 Å². The molecule has 0 spiro atoms. The number of halogens is 1. The number of thioether (sulfide) groups is 1. The topological polar surface area (TPSA) is 29.4 Å². The molecule has 0 aromatic rings. The molecule has 0 fully saturated rings. The highest BCUT2D eigenvalue weighted by molar-refractivity contribution is 7.99. The first-order valence-corrected chi connectivity index (χ1v) is 4.14. The Morgan fingerprint density at radius 3 is 3.00 bits per heavy atom. The number of nitrogens with zero attached hydrogens (tertiary/aromatic N) is 1. The summed E-state index contributed by atoms with van der Waals surface area (Å²) in [5.41, 5.74) is 0. The third-order valence-corrected chi connectivity index (χ3v) is 2.11. The van der Waals surface area contributed by atoms with Gasteiger partial charge in [0.25, 0.3) is 0 Å². The summed E-state index contributed by atoms with van der Waals surface area (Å²) < 4.78 is 0. The van der Waals surface area contributed by atoms with Crippen molar-refractivity contribution in [1.82, 2.24) is 0 Å². The second kappa shape index (κ2) is 6.14. The fourth-order valence-corrected chi connectivity index (χ4v) is 1.14. The lowest BCUT2D eigenvalue weighted by atomic mass is 10.8. The van der Waals surface area contributed by atoms with E-state index in [4.69, 9.17) is 11.6 Å². The van der Waals surface area contributed by atoms with Crippen molar-refractivity contribution in [2.75, 3.05) is 11.6 Å². The van der Waals surface area contributed by atoms with E-state index in [0.29, 0.717) is 5.88 Å². The van der Waals surface area contributed by atoms with Gasteiger partial charge in [0, 0.05) is 11.6 Å². The van der Waals surface area contributed by atoms with Crippen LogP contribution in [0.15, 0.2) is 4.99 Å². The second-order valence-electron chi connectivity index (χ2n) is 1.38. The maximum absolute atomic E-state index is 9.64. The minimum Gasteiger partial charge on any atom is -0.211 e. The molecule has 2 nitrogen and oxygen atoms in total. The van der Waals surface area contributed by atoms with Crippen LogP contribution in [0, 0.1) is 0 Å². The van der Waals surface area contributed by atoms with Crippen molar-refractivity contribution < 1.29 is 4.79 Å². The minimum atomic E-state index is 0.00116. The monoisotopic (exact) mass is 165 g/mol. The zero-order chi connectivity index (χ0) is 7.11. The van der Waals surface area contributed by atoms with E-state index < -0.39 is 0 Å². The average molecular weight is 166 g/mol. The van der Waals surface area contributed by atoms with Gasteiger partial charge < -0.3 is 0 Å². The molecule has 0 aliphatic rings. The minimum absolute atomic E-state index is 0.00116. The highest BCUT2D eigenvalue weighted by Crippen LogP contribution is 2.10. The van der Waals surface area contributed by atoms with Gasteiger partial charge in [0.2, 0.25) is 6.08 Å². The van der Waals surface area contributed by atoms with Crippen LogP contribution in [0.5, 0.6) is 0 Å². The van der Waals surface area contributed by atoms with Crippen molar-refractivity contribution in [3.05, 3.63) is 0 Å². The molecular weight excluding hydrogens is 158 g/mol. The van der Waals surface area contributed by atoms with Gasteiger partial charge in [-0.25, -0.2) is 4.79 Å². The van der Waals surface area contributed by atoms with E-state index in [0.717, 1.165) is 5.75 Å². The third-order valence-electron chi connectivity index (χ3n) is 0.671. The molecular formula is C5H8ClNOS. The molecule has 0 saturated heterocycles. The van der Waals surface area contributed by atoms with Crippen molar-refractivity contribution in [2.45, 2.75) is 12.3 Å². The van der Waals surface area contributed by atoms with Crippen LogP contribution in [0.2, 0.25) is 0 Å². The van der Waals surface area contributed by atoms with E-state index in [1.807, 2.05) is 6.92 Å². The maximum atomic E-state index is 9.64. The summed E-state index contributed by atoms with van der Waals surface area (Å²) in [7, 11) is 0. The first kappa shape index (κ1) is 9.02. The molecule has 4 heteroatoms. The molecule has 0 aromatic carbocycles. The SMILES string of the molecule is CC(N=C=O)SCCCl. The lowest BCUT2D eigenvalue weighted by molar-refractivity contribution is 0.563. The molecule has 0 radical (unpaired) electrons. The van der Waals surface area contributed by atoms with Gasteiger partial charge in [-0.3, -0.25) is 0 Å². The number of aliphatic imine (C=N–C) groups is 1. The van der Waals surface area contributed by atoms with Crippen molar-refractivity contribution >= 4 is 29.4 Å². The number of carbonyl (C=O) groups excluding carboxylic acids is 1. The van der Waals surface area contributed by atoms with Crippen LogP contribution in [0.4, 0.5) is 0 Å². The molecule has 0 rings (SSSR count). The largest absolute Gasteiger partial charge is 0.236 e. The Labute approximate surface area is 63.7 Å². The zero-order valence-corrected chi connectivity index (χ0v) is 6.71. The van der Waals surface area contributed by atoms with Crippen LogP contribution in [0.25, 0.3) is 0 Å². The summed E-state index contributed by atoms with van der Waals surface area (Å²) in [6.07, 6.45) is 1.49. The molecule has 0 N–H and O–H groups in total. The molecule has 0 amide bonds. The number of hydrogen-bond acceptors (Lipinski definition) is 3. The van der Waals surface area contributed by atoms with Crippen molar-refractivity contribution in [3.8, 4) is 0 Å². The van der Waals surface area contributed by atoms with Gasteiger partial charge >= 0.3 is 0 Å². The number of rotatable bonds is 4. The van der Waals surface area contributed by atoms with Crippen LogP contribution in [0.3, 0.4) is 0 Å². The molecule has 0 saturated carbocycles. The molecule has 0 aliphatic carbocycles. The predicted molar refractivity (Wildman–Crippen MR) is 40.8 cm³/mol. The summed E-state index contributed by atoms with van der Waals surface area (Å²) in [5, 5.41) is 0.00116. The number of isocyanates is 1. The highest BCUT2D eigenvalue weighted by Gasteiger charge is 1.95. The van der Waals surface area contributed by atoms with E-state index in [1.165, 1.54) is 17.8 Å². The fourth-order valence-electron chi connectivity index (χ4n) is 0.327. The van der Waals surface area contributed by atoms with Crippen molar-refractivity contribution in [2.24, 2.45) is 4.99 Å². The van der Waals surface area contributed by atoms with Gasteiger partial charge in [-0.15, -0.1) is 23.4 Å². The molecule has 0 aromatic heterocycles. The Kier molecular flexibility index (Phi) is 6.16. The Morgan fingerprint density at radius 2 is 2.56 bits per heavy atom. The molecule has 0 aliphatic heterocycles. The Hall–Kier alpha value is 0.0200. The molecule has 9 heavy (non-hydrogen) atoms. The van der Waals surface area contributed by atoms with E-state index in [-0.39, 0.29) is 5.37 Å². The van der Waals surface area contributed by atoms with Gasteiger partial charge in [0.15, 0.2) is 0 Å². The summed E-state index contributed by atoms with van der Waals surface area (Å²) in [5.74, 6) is 1.43. The lowest BCUT2D eigenvalue weighted by Crippen LogP contribution is -1.92. The molecule has 1 atom stereocenters. The van der Waals surface area contributed by atoms with Gasteiger partial charge in [0.1, 0.15) is 5.37 Å². The molecule has 0 bridgehead atoms. The van der Waals surface area contributed by atoms with E-state index in [1.54, 1.807) is 0 Å². The van der Waals surface area contributed by atoms with Gasteiger partial charge in [-0.2, -0.15) is 4.99 Å². The smallest absolute Gasteiger partial charge is 0.211 e. The average Bonchev–Trinajstić information content (AvgIpc) is 1.85. The van der Waals surface area contributed by atoms with Crippen LogP contribution in [-0.4, -0.2) is 23.1 Å². The van der Waals surface area contributed by atoms with Crippen LogP contribution < -0.4 is 0 Å². The van der Waals surface area contributed by atoms with E-state index in [2.05, 4.69) is 4.99 Å². The van der Waals surface area contributed by atoms with Crippen molar-refractivity contribution in [3.63, 3.8) is 0 Å². The van der Waals surface area contributed by atoms with Crippen LogP contribution in [0.1, 0.15) is 6.92 Å². The summed E-state index contributed by atoms with van der Waals surface area (Å²) in [4.78, 5) is 13.1. The Balaban J connectivity index is 3.26. The zero-order valence-electron chi connectivity index (χ0n) is 5.13. The summed E-state index contributed by atoms with van der Waals surface area (Å²) >= 11 is 6.92. The Morgan fingerprint density at radius 1 is 1.89 bits per heavy atom. The fraction of sp³-hybridized carbons (Fsp3) is 0.800. The molecule has 52 valence electrons. The quantitative estimate of drug-likeness (QED) is 0.360. The number of alkyl halides is 1. The van der Waals surface area contributed by atoms with E-state index in [9.17, 15) is 4.79 Å². The normalized spacial score (nSPS) is 12.2. The second-order valence-corrected chi connectivity index (χ2v) is 3.18. The first-order valence-electron chi connectivity index (χ1n) is 2.55. The predicted octanol–water partition coefficient (Wildman–Crippen LogP) is 1.64. The Bertz CT molecular complexity index is 114. The third kappa shape index (κ3) is 5.90. The highest BCUT2D eigenvalue weighted by atomic mass is 35.5. The maximum Gasteiger partial charge on any atom is 0.236 e. The standard InChI is InChI=1S/C5H8ClNOS/c1-5(7-4-8)9-3-2-6/h5H,2-3H2,1H3. The van der Waals surface area contributed by atoms with Crippen molar-refractivity contribution in [1.29, 1.82) is 0 Å².